The number of hydrogen-bond acceptors (Lipinski definition) is 4. The molecule has 2 N–H and O–H groups in total. The Balaban J connectivity index is 2.27. The quantitative estimate of drug-likeness (QED) is 0.837. The van der Waals surface area contributed by atoms with E-state index in [1.54, 1.807) is 19.2 Å². The van der Waals surface area contributed by atoms with Gasteiger partial charge in [-0.2, -0.15) is 0 Å². The van der Waals surface area contributed by atoms with Gasteiger partial charge in [-0.25, -0.2) is 14.4 Å². The number of rotatable bonds is 4. The third-order valence-corrected chi connectivity index (χ3v) is 3.72. The lowest BCUT2D eigenvalue weighted by Crippen LogP contribution is -2.08. The van der Waals surface area contributed by atoms with Crippen molar-refractivity contribution in [3.05, 3.63) is 50.7 Å². The molecule has 1 heterocycles. The highest BCUT2D eigenvalue weighted by Gasteiger charge is 2.10. The van der Waals surface area contributed by atoms with E-state index in [2.05, 4.69) is 32.6 Å². The first kappa shape index (κ1) is 14.1. The van der Waals surface area contributed by atoms with Crippen LogP contribution in [0.5, 0.6) is 0 Å². The van der Waals surface area contributed by atoms with Crippen molar-refractivity contribution in [1.82, 2.24) is 9.97 Å². The van der Waals surface area contributed by atoms with Gasteiger partial charge in [0.05, 0.1) is 15.9 Å². The van der Waals surface area contributed by atoms with Crippen LogP contribution in [0.1, 0.15) is 17.1 Å². The van der Waals surface area contributed by atoms with Crippen molar-refractivity contribution in [2.24, 2.45) is 0 Å². The highest BCUT2D eigenvalue weighted by Crippen LogP contribution is 2.18. The molecular formula is C13H13FIN3O. The Kier molecular flexibility index (Phi) is 4.65. The molecule has 0 spiro atoms. The number of anilines is 1. The predicted molar refractivity (Wildman–Crippen MR) is 79.1 cm³/mol. The largest absolute Gasteiger partial charge is 0.383 e. The summed E-state index contributed by atoms with van der Waals surface area (Å²) in [4.78, 5) is 8.67. The Hall–Kier alpha value is -1.28. The van der Waals surface area contributed by atoms with Gasteiger partial charge < -0.3 is 10.5 Å². The number of hydrogen-bond donors (Lipinski definition) is 1. The number of ether oxygens (including phenoxy) is 1. The Morgan fingerprint density at radius 3 is 2.58 bits per heavy atom. The van der Waals surface area contributed by atoms with E-state index in [1.807, 2.05) is 0 Å². The molecule has 100 valence electrons. The van der Waals surface area contributed by atoms with Crippen molar-refractivity contribution in [1.29, 1.82) is 0 Å². The number of benzene rings is 1. The summed E-state index contributed by atoms with van der Waals surface area (Å²) in [5.41, 5.74) is 7.56. The molecular weight excluding hydrogens is 360 g/mol. The minimum atomic E-state index is -0.258. The molecule has 0 amide bonds. The zero-order valence-corrected chi connectivity index (χ0v) is 12.5. The predicted octanol–water partition coefficient (Wildman–Crippen LogP) is 2.54. The molecule has 0 aliphatic heterocycles. The molecule has 0 saturated carbocycles. The van der Waals surface area contributed by atoms with Crippen LogP contribution in [-0.4, -0.2) is 17.1 Å². The van der Waals surface area contributed by atoms with E-state index in [9.17, 15) is 4.39 Å². The van der Waals surface area contributed by atoms with E-state index < -0.39 is 0 Å². The van der Waals surface area contributed by atoms with Gasteiger partial charge in [0.25, 0.3) is 0 Å². The van der Waals surface area contributed by atoms with Gasteiger partial charge in [0.1, 0.15) is 17.5 Å². The maximum atomic E-state index is 12.8. The van der Waals surface area contributed by atoms with Gasteiger partial charge in [-0.1, -0.05) is 12.1 Å². The van der Waals surface area contributed by atoms with E-state index >= 15 is 0 Å². The molecule has 0 fully saturated rings. The molecule has 0 aliphatic carbocycles. The summed E-state index contributed by atoms with van der Waals surface area (Å²) in [6, 6.07) is 6.26. The van der Waals surface area contributed by atoms with E-state index in [0.717, 1.165) is 14.8 Å². The van der Waals surface area contributed by atoms with Gasteiger partial charge in [-0.05, 0) is 40.3 Å². The second-order valence-electron chi connectivity index (χ2n) is 4.02. The summed E-state index contributed by atoms with van der Waals surface area (Å²) in [7, 11) is 1.61. The number of nitrogen functional groups attached to an aromatic ring is 1. The topological polar surface area (TPSA) is 61.0 Å². The maximum absolute atomic E-state index is 12.8. The van der Waals surface area contributed by atoms with Crippen molar-refractivity contribution in [3.8, 4) is 0 Å². The van der Waals surface area contributed by atoms with Crippen molar-refractivity contribution in [2.45, 2.75) is 13.0 Å². The summed E-state index contributed by atoms with van der Waals surface area (Å²) in [5, 5.41) is 0. The Morgan fingerprint density at radius 2 is 1.95 bits per heavy atom. The van der Waals surface area contributed by atoms with Crippen LogP contribution in [0.3, 0.4) is 0 Å². The monoisotopic (exact) mass is 373 g/mol. The lowest BCUT2D eigenvalue weighted by atomic mass is 10.1. The molecule has 0 saturated heterocycles. The van der Waals surface area contributed by atoms with E-state index in [1.165, 1.54) is 12.1 Å². The highest BCUT2D eigenvalue weighted by molar-refractivity contribution is 14.1. The van der Waals surface area contributed by atoms with Crippen LogP contribution in [0, 0.1) is 9.39 Å². The van der Waals surface area contributed by atoms with Crippen molar-refractivity contribution in [3.63, 3.8) is 0 Å². The first-order valence-corrected chi connectivity index (χ1v) is 6.72. The highest BCUT2D eigenvalue weighted by atomic mass is 127. The van der Waals surface area contributed by atoms with Crippen LogP contribution < -0.4 is 5.73 Å². The zero-order chi connectivity index (χ0) is 13.8. The minimum Gasteiger partial charge on any atom is -0.383 e. The molecule has 4 nitrogen and oxygen atoms in total. The smallest absolute Gasteiger partial charge is 0.141 e. The molecule has 0 unspecified atom stereocenters. The first-order valence-electron chi connectivity index (χ1n) is 5.64. The van der Waals surface area contributed by atoms with Crippen LogP contribution in [0.4, 0.5) is 10.2 Å². The average molecular weight is 373 g/mol. The molecule has 6 heteroatoms. The number of methoxy groups -OCH3 is 1. The fourth-order valence-corrected chi connectivity index (χ4v) is 2.06. The minimum absolute atomic E-state index is 0.258. The zero-order valence-electron chi connectivity index (χ0n) is 10.4. The second-order valence-corrected chi connectivity index (χ2v) is 5.10. The van der Waals surface area contributed by atoms with E-state index in [4.69, 9.17) is 10.5 Å². The number of aromatic nitrogens is 2. The summed E-state index contributed by atoms with van der Waals surface area (Å²) >= 11 is 2.10. The van der Waals surface area contributed by atoms with Crippen LogP contribution in [0.15, 0.2) is 24.3 Å². The standard InChI is InChI=1S/C13H13FIN3O/c1-19-7-10-12(15)13(16)18-11(17-10)6-8-2-4-9(14)5-3-8/h2-5H,6-7H2,1H3,(H2,16,17,18). The van der Waals surface area contributed by atoms with E-state index in [-0.39, 0.29) is 5.82 Å². The Morgan fingerprint density at radius 1 is 1.26 bits per heavy atom. The fourth-order valence-electron chi connectivity index (χ4n) is 1.66. The SMILES string of the molecule is COCc1nc(Cc2ccc(F)cc2)nc(N)c1I. The molecule has 0 radical (unpaired) electrons. The van der Waals surface area contributed by atoms with Gasteiger partial charge in [0.15, 0.2) is 0 Å². The van der Waals surface area contributed by atoms with Gasteiger partial charge in [-0.3, -0.25) is 0 Å². The maximum Gasteiger partial charge on any atom is 0.141 e. The molecule has 0 aliphatic rings. The first-order chi connectivity index (χ1) is 9.10. The van der Waals surface area contributed by atoms with Gasteiger partial charge in [0.2, 0.25) is 0 Å². The summed E-state index contributed by atoms with van der Waals surface area (Å²) in [5.74, 6) is 0.795. The Bertz CT molecular complexity index is 575. The second kappa shape index (κ2) is 6.25. The van der Waals surface area contributed by atoms with Crippen LogP contribution >= 0.6 is 22.6 Å². The lowest BCUT2D eigenvalue weighted by Gasteiger charge is -2.08. The van der Waals surface area contributed by atoms with Crippen molar-refractivity contribution in [2.75, 3.05) is 12.8 Å². The normalized spacial score (nSPS) is 10.7. The summed E-state index contributed by atoms with van der Waals surface area (Å²) in [6.45, 7) is 0.390. The third-order valence-electron chi connectivity index (χ3n) is 2.55. The van der Waals surface area contributed by atoms with Crippen molar-refractivity contribution >= 4 is 28.4 Å². The molecule has 1 aromatic heterocycles. The van der Waals surface area contributed by atoms with E-state index in [0.29, 0.717) is 24.7 Å². The number of halogens is 2. The number of nitrogens with two attached hydrogens (primary N) is 1. The third kappa shape index (κ3) is 3.60. The van der Waals surface area contributed by atoms with Crippen molar-refractivity contribution < 1.29 is 9.13 Å². The lowest BCUT2D eigenvalue weighted by molar-refractivity contribution is 0.180. The summed E-state index contributed by atoms with van der Waals surface area (Å²) < 4.78 is 18.7. The van der Waals surface area contributed by atoms with Crippen LogP contribution in [-0.2, 0) is 17.8 Å². The van der Waals surface area contributed by atoms with Gasteiger partial charge in [0, 0.05) is 13.5 Å². The van der Waals surface area contributed by atoms with Gasteiger partial charge in [-0.15, -0.1) is 0 Å². The summed E-state index contributed by atoms with van der Waals surface area (Å²) in [6.07, 6.45) is 0.512. The average Bonchev–Trinajstić information content (AvgIpc) is 2.38. The molecule has 2 aromatic rings. The molecule has 0 bridgehead atoms. The molecule has 2 rings (SSSR count). The van der Waals surface area contributed by atoms with Crippen LogP contribution in [0.2, 0.25) is 0 Å². The van der Waals surface area contributed by atoms with Gasteiger partial charge >= 0.3 is 0 Å². The Labute approximate surface area is 124 Å². The molecule has 0 atom stereocenters. The number of nitrogens with zero attached hydrogens (tertiary/aromatic N) is 2. The van der Waals surface area contributed by atoms with Crippen LogP contribution in [0.25, 0.3) is 0 Å². The molecule has 19 heavy (non-hydrogen) atoms. The fraction of sp³-hybridized carbons (Fsp3) is 0.231. The molecule has 1 aromatic carbocycles.